The van der Waals surface area contributed by atoms with Crippen LogP contribution in [0.3, 0.4) is 0 Å². The van der Waals surface area contributed by atoms with Gasteiger partial charge < -0.3 is 31.4 Å². The van der Waals surface area contributed by atoms with Crippen LogP contribution in [0.5, 0.6) is 0 Å². The Hall–Kier alpha value is -5.35. The lowest BCUT2D eigenvalue weighted by atomic mass is 9.98. The fourth-order valence-corrected chi connectivity index (χ4v) is 3.39. The number of aromatic nitrogens is 1. The maximum Gasteiger partial charge on any atom is 0.490 e. The van der Waals surface area contributed by atoms with Gasteiger partial charge in [0.1, 0.15) is 11.7 Å². The molecule has 0 aliphatic carbocycles. The highest BCUT2D eigenvalue weighted by atomic mass is 19.4. The summed E-state index contributed by atoms with van der Waals surface area (Å²) < 4.78 is 69.0. The van der Waals surface area contributed by atoms with E-state index in [1.54, 1.807) is 18.2 Å². The summed E-state index contributed by atoms with van der Waals surface area (Å²) in [5.74, 6) is -5.86. The molecule has 2 aromatic carbocycles. The molecule has 11 nitrogen and oxygen atoms in total. The number of carbonyl (C=O) groups is 3. The summed E-state index contributed by atoms with van der Waals surface area (Å²) >= 11 is 0. The van der Waals surface area contributed by atoms with Crippen molar-refractivity contribution in [2.75, 3.05) is 0 Å². The van der Waals surface area contributed by atoms with E-state index in [0.717, 1.165) is 22.4 Å². The van der Waals surface area contributed by atoms with Crippen LogP contribution in [0.25, 0.3) is 0 Å². The number of carboxylic acid groups (broad SMARTS) is 2. The van der Waals surface area contributed by atoms with Gasteiger partial charge in [-0.2, -0.15) is 26.3 Å². The molecule has 0 amide bonds. The van der Waals surface area contributed by atoms with Crippen molar-refractivity contribution < 1.29 is 55.7 Å². The number of benzene rings is 2. The first-order chi connectivity index (χ1) is 20.6. The van der Waals surface area contributed by atoms with Crippen LogP contribution in [0.4, 0.5) is 26.3 Å². The fourth-order valence-electron chi connectivity index (χ4n) is 3.39. The van der Waals surface area contributed by atoms with Crippen molar-refractivity contribution in [1.82, 2.24) is 4.98 Å². The minimum absolute atomic E-state index is 0.00468. The van der Waals surface area contributed by atoms with Gasteiger partial charge in [0.05, 0.1) is 11.7 Å². The third kappa shape index (κ3) is 12.8. The van der Waals surface area contributed by atoms with Gasteiger partial charge in [-0.25, -0.2) is 14.4 Å². The summed E-state index contributed by atoms with van der Waals surface area (Å²) in [5, 5.41) is 29.4. The molecule has 9 N–H and O–H groups in total. The van der Waals surface area contributed by atoms with Gasteiger partial charge >= 0.3 is 30.3 Å². The van der Waals surface area contributed by atoms with Crippen LogP contribution in [0.2, 0.25) is 0 Å². The van der Waals surface area contributed by atoms with Gasteiger partial charge in [0.15, 0.2) is 0 Å². The van der Waals surface area contributed by atoms with E-state index in [-0.39, 0.29) is 23.7 Å². The predicted octanol–water partition coefficient (Wildman–Crippen LogP) is 4.60. The van der Waals surface area contributed by atoms with Crippen LogP contribution < -0.4 is 11.5 Å². The molecule has 17 heteroatoms. The number of esters is 1. The van der Waals surface area contributed by atoms with E-state index < -0.39 is 24.3 Å². The standard InChI is InChI=1S/C24H27N5O2.2C2HF3O2/c1-14(2)31-24(30)21-19(11-16-4-3-5-18(10-16)23(27)28)13-29-20(21)12-15-6-8-17(9-7-15)22(25)26;2*3-2(4,5)1(6)7/h3-10,13-14,29H,11-12H2,1-2H3,(H3,25,26)(H3,27,28);2*(H,6,7). The lowest BCUT2D eigenvalue weighted by molar-refractivity contribution is -0.193. The minimum atomic E-state index is -5.08. The number of amidine groups is 2. The lowest BCUT2D eigenvalue weighted by Gasteiger charge is -2.12. The van der Waals surface area contributed by atoms with Gasteiger partial charge in [-0.15, -0.1) is 0 Å². The number of carboxylic acids is 2. The van der Waals surface area contributed by atoms with Gasteiger partial charge in [0, 0.05) is 29.4 Å². The number of hydrogen-bond acceptors (Lipinski definition) is 6. The molecule has 3 rings (SSSR count). The van der Waals surface area contributed by atoms with E-state index in [1.807, 2.05) is 50.4 Å². The summed E-state index contributed by atoms with van der Waals surface area (Å²) in [6, 6.07) is 14.8. The quantitative estimate of drug-likeness (QED) is 0.0793. The van der Waals surface area contributed by atoms with E-state index >= 15 is 0 Å². The number of aliphatic carboxylic acids is 2. The van der Waals surface area contributed by atoms with E-state index in [1.165, 1.54) is 0 Å². The Bertz CT molecular complexity index is 1490. The Morgan fingerprint density at radius 1 is 0.822 bits per heavy atom. The Labute approximate surface area is 251 Å². The van der Waals surface area contributed by atoms with Gasteiger partial charge in [-0.1, -0.05) is 42.5 Å². The fraction of sp³-hybridized carbons (Fsp3) is 0.250. The number of carbonyl (C=O) groups excluding carboxylic acids is 1. The SMILES string of the molecule is CC(C)OC(=O)c1c(Cc2cccc(C(=N)N)c2)c[nH]c1Cc1ccc(C(=N)N)cc1.O=C(O)C(F)(F)F.O=C(O)C(F)(F)F. The summed E-state index contributed by atoms with van der Waals surface area (Å²) in [6.45, 7) is 3.64. The van der Waals surface area contributed by atoms with Crippen LogP contribution in [0, 0.1) is 10.8 Å². The summed E-state index contributed by atoms with van der Waals surface area (Å²) in [6.07, 6.45) is -7.56. The maximum absolute atomic E-state index is 12.9. The van der Waals surface area contributed by atoms with Crippen LogP contribution in [-0.4, -0.2) is 63.2 Å². The van der Waals surface area contributed by atoms with Crippen molar-refractivity contribution in [3.63, 3.8) is 0 Å². The van der Waals surface area contributed by atoms with Gasteiger partial charge in [-0.3, -0.25) is 10.8 Å². The summed E-state index contributed by atoms with van der Waals surface area (Å²) in [4.78, 5) is 33.9. The van der Waals surface area contributed by atoms with Crippen LogP contribution in [0.15, 0.2) is 54.7 Å². The normalized spacial score (nSPS) is 11.0. The molecule has 0 aliphatic rings. The molecule has 0 atom stereocenters. The molecule has 0 fully saturated rings. The third-order valence-corrected chi connectivity index (χ3v) is 5.35. The zero-order chi connectivity index (χ0) is 34.7. The zero-order valence-corrected chi connectivity index (χ0v) is 23.6. The number of H-pyrrole nitrogens is 1. The molecule has 0 bridgehead atoms. The second-order valence-corrected chi connectivity index (χ2v) is 9.31. The molecule has 244 valence electrons. The predicted molar refractivity (Wildman–Crippen MR) is 149 cm³/mol. The van der Waals surface area contributed by atoms with Crippen LogP contribution in [0.1, 0.15) is 57.7 Å². The summed E-state index contributed by atoms with van der Waals surface area (Å²) in [7, 11) is 0. The number of nitrogens with one attached hydrogen (secondary N) is 3. The number of nitrogen functional groups attached to an aromatic ring is 2. The number of halogens is 6. The second kappa shape index (κ2) is 15.9. The monoisotopic (exact) mass is 645 g/mol. The molecular formula is C28H29F6N5O6. The van der Waals surface area contributed by atoms with E-state index in [2.05, 4.69) is 4.98 Å². The molecule has 0 unspecified atom stereocenters. The van der Waals surface area contributed by atoms with Gasteiger partial charge in [-0.05, 0) is 43.0 Å². The Balaban J connectivity index is 0.000000601. The topological polar surface area (TPSA) is 216 Å². The first-order valence-corrected chi connectivity index (χ1v) is 12.5. The van der Waals surface area contributed by atoms with Crippen molar-refractivity contribution in [3.05, 3.63) is 93.8 Å². The van der Waals surface area contributed by atoms with Crippen molar-refractivity contribution in [1.29, 1.82) is 10.8 Å². The highest BCUT2D eigenvalue weighted by Crippen LogP contribution is 2.23. The molecule has 0 radical (unpaired) electrons. The van der Waals surface area contributed by atoms with E-state index in [4.69, 9.17) is 46.8 Å². The lowest BCUT2D eigenvalue weighted by Crippen LogP contribution is -2.21. The van der Waals surface area contributed by atoms with Crippen molar-refractivity contribution in [3.8, 4) is 0 Å². The number of hydrogen-bond donors (Lipinski definition) is 7. The summed E-state index contributed by atoms with van der Waals surface area (Å²) in [5.41, 5.74) is 16.5. The molecular weight excluding hydrogens is 616 g/mol. The van der Waals surface area contributed by atoms with Crippen molar-refractivity contribution >= 4 is 29.6 Å². The number of ether oxygens (including phenoxy) is 1. The van der Waals surface area contributed by atoms with Crippen molar-refractivity contribution in [2.24, 2.45) is 11.5 Å². The minimum Gasteiger partial charge on any atom is -0.475 e. The Morgan fingerprint density at radius 3 is 1.73 bits per heavy atom. The molecule has 0 spiro atoms. The highest BCUT2D eigenvalue weighted by Gasteiger charge is 2.38. The highest BCUT2D eigenvalue weighted by molar-refractivity contribution is 5.96. The molecule has 0 aliphatic heterocycles. The number of nitrogens with two attached hydrogens (primary N) is 2. The van der Waals surface area contributed by atoms with Crippen LogP contribution >= 0.6 is 0 Å². The largest absolute Gasteiger partial charge is 0.490 e. The first kappa shape index (κ1) is 37.7. The van der Waals surface area contributed by atoms with E-state index in [0.29, 0.717) is 29.5 Å². The van der Waals surface area contributed by atoms with Gasteiger partial charge in [0.25, 0.3) is 0 Å². The Kier molecular flexibility index (Phi) is 13.3. The van der Waals surface area contributed by atoms with Crippen LogP contribution in [-0.2, 0) is 27.2 Å². The smallest absolute Gasteiger partial charge is 0.475 e. The van der Waals surface area contributed by atoms with Gasteiger partial charge in [0.2, 0.25) is 0 Å². The number of rotatable bonds is 8. The molecule has 0 saturated heterocycles. The molecule has 1 aromatic heterocycles. The molecule has 3 aromatic rings. The first-order valence-electron chi connectivity index (χ1n) is 12.5. The Morgan fingerprint density at radius 2 is 1.31 bits per heavy atom. The average molecular weight is 646 g/mol. The second-order valence-electron chi connectivity index (χ2n) is 9.31. The molecule has 45 heavy (non-hydrogen) atoms. The molecule has 0 saturated carbocycles. The number of aromatic amines is 1. The van der Waals surface area contributed by atoms with E-state index in [9.17, 15) is 31.1 Å². The molecule has 1 heterocycles. The zero-order valence-electron chi connectivity index (χ0n) is 23.6. The van der Waals surface area contributed by atoms with Crippen molar-refractivity contribution in [2.45, 2.75) is 45.1 Å². The maximum atomic E-state index is 12.9. The average Bonchev–Trinajstić information content (AvgIpc) is 3.30. The third-order valence-electron chi connectivity index (χ3n) is 5.35. The number of alkyl halides is 6.